The fourth-order valence-electron chi connectivity index (χ4n) is 1.52. The molecule has 0 radical (unpaired) electrons. The fourth-order valence-corrected chi connectivity index (χ4v) is 2.76. The minimum atomic E-state index is -0.624. The molecule has 2 rings (SSSR count). The van der Waals surface area contributed by atoms with E-state index in [9.17, 15) is 14.4 Å². The van der Waals surface area contributed by atoms with Gasteiger partial charge in [-0.05, 0) is 39.4 Å². The number of barbiturate groups is 1. The monoisotopic (exact) mass is 316 g/mol. The first-order chi connectivity index (χ1) is 8.06. The molecule has 2 heterocycles. The van der Waals surface area contributed by atoms with Gasteiger partial charge < -0.3 is 0 Å². The van der Waals surface area contributed by atoms with E-state index in [-0.39, 0.29) is 6.42 Å². The van der Waals surface area contributed by atoms with E-state index in [1.807, 2.05) is 11.4 Å². The molecule has 17 heavy (non-hydrogen) atoms. The van der Waals surface area contributed by atoms with Gasteiger partial charge in [-0.1, -0.05) is 0 Å². The van der Waals surface area contributed by atoms with Crippen LogP contribution in [0.15, 0.2) is 15.2 Å². The number of carbonyl (C=O) groups excluding carboxylic acids is 3. The van der Waals surface area contributed by atoms with Crippen molar-refractivity contribution in [3.05, 3.63) is 20.8 Å². The van der Waals surface area contributed by atoms with Gasteiger partial charge in [0, 0.05) is 6.54 Å². The van der Waals surface area contributed by atoms with Crippen molar-refractivity contribution >= 4 is 45.1 Å². The van der Waals surface area contributed by atoms with Crippen molar-refractivity contribution in [2.24, 2.45) is 0 Å². The number of nitrogens with one attached hydrogen (secondary N) is 1. The highest BCUT2D eigenvalue weighted by molar-refractivity contribution is 9.11. The van der Waals surface area contributed by atoms with Crippen molar-refractivity contribution < 1.29 is 14.4 Å². The van der Waals surface area contributed by atoms with Crippen LogP contribution in [0.5, 0.6) is 0 Å². The van der Waals surface area contributed by atoms with Gasteiger partial charge in [0.15, 0.2) is 0 Å². The molecule has 1 aromatic rings. The summed E-state index contributed by atoms with van der Waals surface area (Å²) < 4.78 is 1.01. The van der Waals surface area contributed by atoms with Crippen molar-refractivity contribution in [3.8, 4) is 0 Å². The second-order valence-corrected chi connectivity index (χ2v) is 5.88. The highest BCUT2D eigenvalue weighted by atomic mass is 79.9. The van der Waals surface area contributed by atoms with Crippen LogP contribution in [0.2, 0.25) is 0 Å². The van der Waals surface area contributed by atoms with Crippen LogP contribution in [0.3, 0.4) is 0 Å². The molecule has 1 saturated heterocycles. The predicted molar refractivity (Wildman–Crippen MR) is 65.6 cm³/mol. The Hall–Kier alpha value is -1.21. The van der Waals surface area contributed by atoms with Crippen molar-refractivity contribution in [1.29, 1.82) is 0 Å². The average molecular weight is 317 g/mol. The molecular formula is C10H9BrN2O3S. The van der Waals surface area contributed by atoms with Crippen LogP contribution >= 0.6 is 27.3 Å². The summed E-state index contributed by atoms with van der Waals surface area (Å²) in [6.45, 7) is 0.293. The van der Waals surface area contributed by atoms with Crippen molar-refractivity contribution in [3.63, 3.8) is 0 Å². The number of halogens is 1. The molecule has 0 unspecified atom stereocenters. The molecule has 1 fully saturated rings. The van der Waals surface area contributed by atoms with Crippen LogP contribution in [-0.4, -0.2) is 29.3 Å². The van der Waals surface area contributed by atoms with E-state index in [0.717, 1.165) is 14.2 Å². The molecule has 1 aromatic heterocycles. The number of rotatable bonds is 3. The summed E-state index contributed by atoms with van der Waals surface area (Å²) in [6, 6.07) is 1.32. The van der Waals surface area contributed by atoms with Gasteiger partial charge in [0.2, 0.25) is 11.8 Å². The topological polar surface area (TPSA) is 66.5 Å². The molecule has 1 aliphatic heterocycles. The Morgan fingerprint density at radius 3 is 2.76 bits per heavy atom. The second kappa shape index (κ2) is 4.97. The first kappa shape index (κ1) is 12.3. The molecule has 5 nitrogen and oxygen atoms in total. The Bertz CT molecular complexity index is 466. The third-order valence-corrected chi connectivity index (χ3v) is 3.90. The maximum atomic E-state index is 11.5. The number of hydrogen-bond acceptors (Lipinski definition) is 4. The third kappa shape index (κ3) is 2.92. The first-order valence-corrected chi connectivity index (χ1v) is 6.60. The zero-order valence-electron chi connectivity index (χ0n) is 8.73. The van der Waals surface area contributed by atoms with E-state index in [1.54, 1.807) is 11.3 Å². The average Bonchev–Trinajstić information content (AvgIpc) is 2.62. The van der Waals surface area contributed by atoms with Gasteiger partial charge in [-0.2, -0.15) is 0 Å². The summed E-state index contributed by atoms with van der Waals surface area (Å²) in [5.41, 5.74) is 1.05. The van der Waals surface area contributed by atoms with Crippen molar-refractivity contribution in [1.82, 2.24) is 10.2 Å². The number of carbonyl (C=O) groups is 3. The quantitative estimate of drug-likeness (QED) is 0.860. The number of nitrogens with zero attached hydrogens (tertiary/aromatic N) is 1. The maximum absolute atomic E-state index is 11.5. The van der Waals surface area contributed by atoms with Crippen LogP contribution in [0, 0.1) is 0 Å². The number of imide groups is 2. The van der Waals surface area contributed by atoms with E-state index in [1.165, 1.54) is 0 Å². The summed E-state index contributed by atoms with van der Waals surface area (Å²) >= 11 is 4.90. The molecule has 0 aromatic carbocycles. The van der Waals surface area contributed by atoms with E-state index < -0.39 is 17.8 Å². The summed E-state index contributed by atoms with van der Waals surface area (Å²) in [5.74, 6) is -0.970. The SMILES string of the molecule is O=C1CC(=O)N(CCc2csc(Br)c2)C(=O)N1. The Morgan fingerprint density at radius 2 is 2.18 bits per heavy atom. The smallest absolute Gasteiger partial charge is 0.277 e. The van der Waals surface area contributed by atoms with Gasteiger partial charge in [0.1, 0.15) is 6.42 Å². The zero-order chi connectivity index (χ0) is 12.4. The lowest BCUT2D eigenvalue weighted by Gasteiger charge is -2.24. The Balaban J connectivity index is 1.96. The van der Waals surface area contributed by atoms with Gasteiger partial charge in [0.25, 0.3) is 0 Å². The van der Waals surface area contributed by atoms with Gasteiger partial charge in [-0.25, -0.2) is 4.79 Å². The Labute approximate surface area is 110 Å². The molecule has 0 aliphatic carbocycles. The zero-order valence-corrected chi connectivity index (χ0v) is 11.1. The molecular weight excluding hydrogens is 308 g/mol. The summed E-state index contributed by atoms with van der Waals surface area (Å²) in [6.07, 6.45) is 0.342. The molecule has 0 saturated carbocycles. The molecule has 90 valence electrons. The Morgan fingerprint density at radius 1 is 1.41 bits per heavy atom. The number of urea groups is 1. The minimum absolute atomic E-state index is 0.251. The van der Waals surface area contributed by atoms with Crippen LogP contribution < -0.4 is 5.32 Å². The normalized spacial score (nSPS) is 16.3. The molecule has 1 N–H and O–H groups in total. The number of hydrogen-bond donors (Lipinski definition) is 1. The highest BCUT2D eigenvalue weighted by Gasteiger charge is 2.30. The van der Waals surface area contributed by atoms with E-state index in [2.05, 4.69) is 21.2 Å². The Kier molecular flexibility index (Phi) is 3.58. The maximum Gasteiger partial charge on any atom is 0.330 e. The summed E-state index contributed by atoms with van der Waals surface area (Å²) in [5, 5.41) is 4.08. The second-order valence-electron chi connectivity index (χ2n) is 3.58. The fraction of sp³-hybridized carbons (Fsp3) is 0.300. The van der Waals surface area contributed by atoms with Crippen LogP contribution in [0.4, 0.5) is 4.79 Å². The van der Waals surface area contributed by atoms with Crippen molar-refractivity contribution in [2.75, 3.05) is 6.54 Å². The van der Waals surface area contributed by atoms with E-state index in [4.69, 9.17) is 0 Å². The number of thiophene rings is 1. The predicted octanol–water partition coefficient (Wildman–Crippen LogP) is 1.52. The molecule has 7 heteroatoms. The van der Waals surface area contributed by atoms with Crippen LogP contribution in [0.25, 0.3) is 0 Å². The molecule has 0 atom stereocenters. The lowest BCUT2D eigenvalue weighted by Crippen LogP contribution is -2.53. The summed E-state index contributed by atoms with van der Waals surface area (Å²) in [4.78, 5) is 34.9. The van der Waals surface area contributed by atoms with E-state index >= 15 is 0 Å². The van der Waals surface area contributed by atoms with Crippen molar-refractivity contribution in [2.45, 2.75) is 12.8 Å². The lowest BCUT2D eigenvalue weighted by atomic mass is 10.2. The first-order valence-electron chi connectivity index (χ1n) is 4.93. The molecule has 0 spiro atoms. The largest absolute Gasteiger partial charge is 0.330 e. The van der Waals surface area contributed by atoms with Gasteiger partial charge >= 0.3 is 6.03 Å². The van der Waals surface area contributed by atoms with Gasteiger partial charge in [-0.15, -0.1) is 11.3 Å². The van der Waals surface area contributed by atoms with Crippen LogP contribution in [-0.2, 0) is 16.0 Å². The van der Waals surface area contributed by atoms with Gasteiger partial charge in [-0.3, -0.25) is 19.8 Å². The molecule has 1 aliphatic rings. The van der Waals surface area contributed by atoms with Gasteiger partial charge in [0.05, 0.1) is 3.79 Å². The number of amides is 4. The highest BCUT2D eigenvalue weighted by Crippen LogP contribution is 2.21. The minimum Gasteiger partial charge on any atom is -0.277 e. The standard InChI is InChI=1S/C10H9BrN2O3S/c11-7-3-6(5-17-7)1-2-13-9(15)4-8(14)12-10(13)16/h3,5H,1-2,4H2,(H,12,14,16). The van der Waals surface area contributed by atoms with Crippen LogP contribution in [0.1, 0.15) is 12.0 Å². The van der Waals surface area contributed by atoms with E-state index in [0.29, 0.717) is 13.0 Å². The lowest BCUT2D eigenvalue weighted by molar-refractivity contribution is -0.136. The third-order valence-electron chi connectivity index (χ3n) is 2.35. The summed E-state index contributed by atoms with van der Waals surface area (Å²) in [7, 11) is 0. The molecule has 4 amide bonds. The molecule has 0 bridgehead atoms.